The summed E-state index contributed by atoms with van der Waals surface area (Å²) in [5.41, 5.74) is 16.9. The van der Waals surface area contributed by atoms with Crippen molar-refractivity contribution in [2.45, 2.75) is 119 Å². The van der Waals surface area contributed by atoms with E-state index in [2.05, 4.69) is 113 Å². The molecule has 8 aromatic heterocycles. The minimum absolute atomic E-state index is 0. The summed E-state index contributed by atoms with van der Waals surface area (Å²) in [4.78, 5) is 66.1. The fraction of sp³-hybridized carbons (Fsp3) is 0.205. The Morgan fingerprint density at radius 3 is 0.613 bits per heavy atom. The predicted octanol–water partition coefficient (Wildman–Crippen LogP) is 20.5. The number of pyridine rings is 8. The molecule has 0 aliphatic rings. The van der Waals surface area contributed by atoms with Crippen LogP contribution in [0.15, 0.2) is 219 Å². The SMILES string of the molecule is CC(=O)OOC(C)=O.CC(C)(C)c1cc(-c2ccccn2)c(O)c(-c2ccc3ccc4ccc(-c5cc(C(C)(C)C)cc(-c6ccccn6)c5O)nc4c3n2)c1.CC(C)(C)c1cc(-c2ccccn2)c(O)c(-c2ccc3ccc4ccc(-c5cc(C(C)(C)C)cc(-c6ccccn6)c5O)nc4c3n2)c1.[Co].[Co]. The fourth-order valence-corrected chi connectivity index (χ4v) is 12.2. The largest absolute Gasteiger partial charge is 0.507 e. The van der Waals surface area contributed by atoms with E-state index in [1.807, 2.05) is 194 Å². The Labute approximate surface area is 637 Å². The zero-order valence-electron chi connectivity index (χ0n) is 61.5. The number of hydrogen-bond acceptors (Lipinski definition) is 16. The van der Waals surface area contributed by atoms with Crippen LogP contribution in [0.3, 0.4) is 0 Å². The van der Waals surface area contributed by atoms with Crippen molar-refractivity contribution in [2.24, 2.45) is 0 Å². The van der Waals surface area contributed by atoms with Gasteiger partial charge in [-0.15, -0.1) is 0 Å². The van der Waals surface area contributed by atoms with Gasteiger partial charge in [0.15, 0.2) is 0 Å². The van der Waals surface area contributed by atoms with Crippen LogP contribution < -0.4 is 0 Å². The molecule has 0 unspecified atom stereocenters. The molecule has 540 valence electrons. The summed E-state index contributed by atoms with van der Waals surface area (Å²) in [6.45, 7) is 28.1. The molecule has 0 amide bonds. The second-order valence-corrected chi connectivity index (χ2v) is 29.9. The average molecular weight is 1500 g/mol. The molecule has 2 radical (unpaired) electrons. The van der Waals surface area contributed by atoms with E-state index in [-0.39, 0.29) is 78.2 Å². The summed E-state index contributed by atoms with van der Waals surface area (Å²) >= 11 is 0. The number of rotatable bonds is 8. The van der Waals surface area contributed by atoms with E-state index in [4.69, 9.17) is 19.9 Å². The average Bonchev–Trinajstić information content (AvgIpc) is 0.785. The van der Waals surface area contributed by atoms with Crippen molar-refractivity contribution in [3.63, 3.8) is 0 Å². The molecule has 106 heavy (non-hydrogen) atoms. The number of aromatic hydroxyl groups is 4. The van der Waals surface area contributed by atoms with E-state index in [1.54, 1.807) is 24.8 Å². The minimum Gasteiger partial charge on any atom is -0.507 e. The summed E-state index contributed by atoms with van der Waals surface area (Å²) < 4.78 is 0. The first-order valence-electron chi connectivity index (χ1n) is 34.3. The maximum Gasteiger partial charge on any atom is 0.352 e. The summed E-state index contributed by atoms with van der Waals surface area (Å²) in [5.74, 6) is -0.746. The number of aromatic nitrogens is 8. The number of nitrogens with zero attached hydrogens (tertiary/aromatic N) is 8. The maximum atomic E-state index is 11.7. The van der Waals surface area contributed by atoms with Gasteiger partial charge in [-0.05, 0) is 165 Å². The molecule has 0 saturated heterocycles. The monoisotopic (exact) mass is 1500 g/mol. The van der Waals surface area contributed by atoms with Crippen LogP contribution in [0.25, 0.3) is 134 Å². The molecule has 0 saturated carbocycles. The first-order valence-corrected chi connectivity index (χ1v) is 34.3. The predicted molar refractivity (Wildman–Crippen MR) is 414 cm³/mol. The number of benzene rings is 6. The number of carbonyl (C=O) groups is 2. The van der Waals surface area contributed by atoms with Crippen molar-refractivity contribution in [2.75, 3.05) is 0 Å². The Balaban J connectivity index is 0.000000202. The van der Waals surface area contributed by atoms with Crippen LogP contribution in [-0.2, 0) is 74.6 Å². The summed E-state index contributed by atoms with van der Waals surface area (Å²) in [7, 11) is 0. The number of carbonyl (C=O) groups excluding carboxylic acids is 2. The first-order chi connectivity index (χ1) is 49.4. The molecule has 18 heteroatoms. The van der Waals surface area contributed by atoms with E-state index in [1.165, 1.54) is 0 Å². The third kappa shape index (κ3) is 16.8. The van der Waals surface area contributed by atoms with Crippen molar-refractivity contribution in [3.8, 4) is 113 Å². The molecule has 0 atom stereocenters. The molecule has 0 aliphatic heterocycles. The van der Waals surface area contributed by atoms with Gasteiger partial charge in [-0.25, -0.2) is 39.3 Å². The Morgan fingerprint density at radius 1 is 0.274 bits per heavy atom. The van der Waals surface area contributed by atoms with Crippen LogP contribution >= 0.6 is 0 Å². The van der Waals surface area contributed by atoms with E-state index in [9.17, 15) is 30.0 Å². The van der Waals surface area contributed by atoms with E-state index >= 15 is 0 Å². The molecule has 8 heterocycles. The molecule has 0 bridgehead atoms. The number of hydrogen-bond donors (Lipinski definition) is 4. The van der Waals surface area contributed by atoms with Crippen LogP contribution in [0.2, 0.25) is 0 Å². The number of fused-ring (bicyclic) bond motifs is 6. The van der Waals surface area contributed by atoms with E-state index in [0.717, 1.165) is 57.6 Å². The Morgan fingerprint density at radius 2 is 0.453 bits per heavy atom. The molecule has 14 rings (SSSR count). The van der Waals surface area contributed by atoms with E-state index in [0.29, 0.717) is 112 Å². The first kappa shape index (κ1) is 77.3. The molecule has 16 nitrogen and oxygen atoms in total. The summed E-state index contributed by atoms with van der Waals surface area (Å²) in [5, 5.41) is 50.4. The standard InChI is InChI=1S/2C42H38N4O2.C4H6O4.2Co/c2*1-41(2,3)27-21-29(33-11-7-9-19-43-33)39(47)31(23-27)35-17-15-25-13-14-26-16-18-36(46-38(26)37(25)45-35)32-24-28(42(4,5)6)22-30(40(32)48)34-12-8-10-20-44-34;1-3(5)7-8-4(2)6;;/h2*7-24,47-48H,1-6H3;1-2H3;;. The van der Waals surface area contributed by atoms with Gasteiger partial charge in [0, 0.05) is 138 Å². The number of phenols is 4. The van der Waals surface area contributed by atoms with Gasteiger partial charge < -0.3 is 20.4 Å². The maximum absolute atomic E-state index is 11.7. The van der Waals surface area contributed by atoms with Gasteiger partial charge in [0.05, 0.1) is 67.6 Å². The fourth-order valence-electron chi connectivity index (χ4n) is 12.2. The second kappa shape index (κ2) is 31.2. The molecule has 0 spiro atoms. The van der Waals surface area contributed by atoms with Crippen LogP contribution in [0.5, 0.6) is 23.0 Å². The van der Waals surface area contributed by atoms with Gasteiger partial charge in [-0.2, -0.15) is 0 Å². The molecular formula is C88H82Co2N8O8. The van der Waals surface area contributed by atoms with Crippen molar-refractivity contribution >= 4 is 55.6 Å². The Bertz CT molecular complexity index is 4930. The molecule has 4 N–H and O–H groups in total. The normalized spacial score (nSPS) is 11.6. The van der Waals surface area contributed by atoms with Gasteiger partial charge in [0.2, 0.25) is 0 Å². The minimum atomic E-state index is -0.639. The zero-order valence-corrected chi connectivity index (χ0v) is 63.5. The molecule has 0 fully saturated rings. The van der Waals surface area contributed by atoms with Crippen LogP contribution in [0.4, 0.5) is 0 Å². The van der Waals surface area contributed by atoms with Gasteiger partial charge in [-0.1, -0.05) is 156 Å². The van der Waals surface area contributed by atoms with Gasteiger partial charge in [0.1, 0.15) is 23.0 Å². The third-order valence-corrected chi connectivity index (χ3v) is 18.1. The van der Waals surface area contributed by atoms with Gasteiger partial charge in [-0.3, -0.25) is 19.9 Å². The molecule has 0 aliphatic carbocycles. The Kier molecular flexibility index (Phi) is 22.8. The topological polar surface area (TPSA) is 237 Å². The van der Waals surface area contributed by atoms with Gasteiger partial charge >= 0.3 is 11.9 Å². The second-order valence-electron chi connectivity index (χ2n) is 29.9. The molecular weight excluding hydrogens is 1410 g/mol. The van der Waals surface area contributed by atoms with Crippen LogP contribution in [-0.4, -0.2) is 72.2 Å². The molecule has 14 aromatic rings. The van der Waals surface area contributed by atoms with E-state index < -0.39 is 11.9 Å². The van der Waals surface area contributed by atoms with Crippen LogP contribution in [0.1, 0.15) is 119 Å². The van der Waals surface area contributed by atoms with Crippen molar-refractivity contribution in [1.29, 1.82) is 0 Å². The van der Waals surface area contributed by atoms with Crippen LogP contribution in [0, 0.1) is 0 Å². The summed E-state index contributed by atoms with van der Waals surface area (Å²) in [6.07, 6.45) is 6.93. The van der Waals surface area contributed by atoms with Crippen molar-refractivity contribution in [1.82, 2.24) is 39.9 Å². The van der Waals surface area contributed by atoms with Gasteiger partial charge in [0.25, 0.3) is 0 Å². The quantitative estimate of drug-likeness (QED) is 0.0629. The third-order valence-electron chi connectivity index (χ3n) is 18.1. The smallest absolute Gasteiger partial charge is 0.352 e. The number of phenolic OH excluding ortho intramolecular Hbond substituents is 4. The zero-order chi connectivity index (χ0) is 74.2. The Hall–Kier alpha value is -11.3. The van der Waals surface area contributed by atoms with Crippen molar-refractivity contribution in [3.05, 3.63) is 241 Å². The summed E-state index contributed by atoms with van der Waals surface area (Å²) in [6, 6.07) is 62.9. The van der Waals surface area contributed by atoms with Crippen molar-refractivity contribution < 1.29 is 73.3 Å². The molecule has 6 aromatic carbocycles.